The molecule has 1 N–H and O–H groups in total. The highest BCUT2D eigenvalue weighted by atomic mass is 35.5. The van der Waals surface area contributed by atoms with Gasteiger partial charge in [-0.1, -0.05) is 18.5 Å². The van der Waals surface area contributed by atoms with Crippen molar-refractivity contribution in [2.75, 3.05) is 20.1 Å². The number of hydrogen-bond donors (Lipinski definition) is 1. The van der Waals surface area contributed by atoms with Crippen LogP contribution in [0.5, 0.6) is 0 Å². The smallest absolute Gasteiger partial charge is 0.233 e. The summed E-state index contributed by atoms with van der Waals surface area (Å²) in [5, 5.41) is 3.05. The minimum atomic E-state index is -0.0119. The van der Waals surface area contributed by atoms with Crippen LogP contribution in [0.3, 0.4) is 0 Å². The molecule has 18 heavy (non-hydrogen) atoms. The molecular weight excluding hydrogens is 252 g/mol. The predicted octanol–water partition coefficient (Wildman–Crippen LogP) is 1.40. The van der Waals surface area contributed by atoms with Gasteiger partial charge in [0, 0.05) is 12.7 Å². The SMILES string of the molecule is CCCN(CC(=O)NC)Cc1nc(C)cc(Cl)n1. The summed E-state index contributed by atoms with van der Waals surface area (Å²) in [6, 6.07) is 1.72. The molecule has 1 aromatic heterocycles. The summed E-state index contributed by atoms with van der Waals surface area (Å²) in [5.41, 5.74) is 0.835. The van der Waals surface area contributed by atoms with E-state index in [1.807, 2.05) is 11.8 Å². The lowest BCUT2D eigenvalue weighted by molar-refractivity contribution is -0.121. The van der Waals surface area contributed by atoms with Crippen LogP contribution >= 0.6 is 11.6 Å². The number of aromatic nitrogens is 2. The van der Waals surface area contributed by atoms with Crippen LogP contribution in [0.2, 0.25) is 5.15 Å². The second kappa shape index (κ2) is 7.28. The average molecular weight is 271 g/mol. The van der Waals surface area contributed by atoms with E-state index in [1.165, 1.54) is 0 Å². The van der Waals surface area contributed by atoms with Crippen LogP contribution in [-0.2, 0) is 11.3 Å². The maximum Gasteiger partial charge on any atom is 0.233 e. The fourth-order valence-electron chi connectivity index (χ4n) is 1.67. The van der Waals surface area contributed by atoms with Gasteiger partial charge in [-0.25, -0.2) is 9.97 Å². The molecular formula is C12H19ClN4O. The normalized spacial score (nSPS) is 10.7. The summed E-state index contributed by atoms with van der Waals surface area (Å²) in [6.45, 7) is 5.64. The number of nitrogens with zero attached hydrogens (tertiary/aromatic N) is 3. The molecule has 0 atom stereocenters. The number of amides is 1. The highest BCUT2D eigenvalue weighted by Crippen LogP contribution is 2.08. The molecule has 100 valence electrons. The van der Waals surface area contributed by atoms with Crippen LogP contribution in [0, 0.1) is 6.92 Å². The summed E-state index contributed by atoms with van der Waals surface area (Å²) >= 11 is 5.89. The van der Waals surface area contributed by atoms with E-state index in [4.69, 9.17) is 11.6 Å². The van der Waals surface area contributed by atoms with E-state index in [0.29, 0.717) is 24.1 Å². The maximum atomic E-state index is 11.4. The lowest BCUT2D eigenvalue weighted by atomic mass is 10.3. The van der Waals surface area contributed by atoms with Crippen molar-refractivity contribution in [3.63, 3.8) is 0 Å². The molecule has 0 bridgehead atoms. The molecule has 0 radical (unpaired) electrons. The number of rotatable bonds is 6. The molecule has 0 unspecified atom stereocenters. The molecule has 5 nitrogen and oxygen atoms in total. The second-order valence-electron chi connectivity index (χ2n) is 4.13. The van der Waals surface area contributed by atoms with Gasteiger partial charge in [-0.2, -0.15) is 0 Å². The first-order chi connectivity index (χ1) is 8.55. The van der Waals surface area contributed by atoms with Crippen molar-refractivity contribution in [2.24, 2.45) is 0 Å². The zero-order valence-corrected chi connectivity index (χ0v) is 11.8. The van der Waals surface area contributed by atoms with E-state index < -0.39 is 0 Å². The van der Waals surface area contributed by atoms with Gasteiger partial charge in [-0.05, 0) is 26.0 Å². The summed E-state index contributed by atoms with van der Waals surface area (Å²) in [5.74, 6) is 0.638. The highest BCUT2D eigenvalue weighted by molar-refractivity contribution is 6.29. The Hall–Kier alpha value is -1.20. The van der Waals surface area contributed by atoms with Gasteiger partial charge in [0.25, 0.3) is 0 Å². The molecule has 0 saturated heterocycles. The van der Waals surface area contributed by atoms with Gasteiger partial charge >= 0.3 is 0 Å². The van der Waals surface area contributed by atoms with Gasteiger partial charge in [-0.3, -0.25) is 9.69 Å². The van der Waals surface area contributed by atoms with Crippen molar-refractivity contribution in [3.8, 4) is 0 Å². The maximum absolute atomic E-state index is 11.4. The van der Waals surface area contributed by atoms with Gasteiger partial charge in [0.05, 0.1) is 13.1 Å². The molecule has 0 aliphatic heterocycles. The molecule has 0 aliphatic carbocycles. The van der Waals surface area contributed by atoms with Crippen LogP contribution in [-0.4, -0.2) is 40.9 Å². The highest BCUT2D eigenvalue weighted by Gasteiger charge is 2.11. The third-order valence-corrected chi connectivity index (χ3v) is 2.61. The van der Waals surface area contributed by atoms with Crippen LogP contribution < -0.4 is 5.32 Å². The molecule has 1 rings (SSSR count). The van der Waals surface area contributed by atoms with E-state index in [-0.39, 0.29) is 5.91 Å². The van der Waals surface area contributed by atoms with Gasteiger partial charge in [0.1, 0.15) is 11.0 Å². The standard InChI is InChI=1S/C12H19ClN4O/c1-4-5-17(8-12(18)14-3)7-11-15-9(2)6-10(13)16-11/h6H,4-5,7-8H2,1-3H3,(H,14,18). The van der Waals surface area contributed by atoms with Crippen molar-refractivity contribution in [1.82, 2.24) is 20.2 Å². The Labute approximate surface area is 113 Å². The minimum Gasteiger partial charge on any atom is -0.358 e. The van der Waals surface area contributed by atoms with E-state index in [2.05, 4.69) is 22.2 Å². The number of hydrogen-bond acceptors (Lipinski definition) is 4. The van der Waals surface area contributed by atoms with Crippen molar-refractivity contribution in [2.45, 2.75) is 26.8 Å². The van der Waals surface area contributed by atoms with E-state index in [9.17, 15) is 4.79 Å². The first-order valence-electron chi connectivity index (χ1n) is 5.98. The number of aryl methyl sites for hydroxylation is 1. The Balaban J connectivity index is 2.72. The van der Waals surface area contributed by atoms with Gasteiger partial charge in [0.15, 0.2) is 0 Å². The van der Waals surface area contributed by atoms with Crippen molar-refractivity contribution >= 4 is 17.5 Å². The van der Waals surface area contributed by atoms with Crippen molar-refractivity contribution < 1.29 is 4.79 Å². The molecule has 1 aromatic rings. The zero-order valence-electron chi connectivity index (χ0n) is 11.0. The van der Waals surface area contributed by atoms with E-state index in [1.54, 1.807) is 13.1 Å². The molecule has 6 heteroatoms. The van der Waals surface area contributed by atoms with E-state index >= 15 is 0 Å². The molecule has 1 amide bonds. The Morgan fingerprint density at radius 3 is 2.78 bits per heavy atom. The third kappa shape index (κ3) is 4.98. The number of nitrogens with one attached hydrogen (secondary N) is 1. The molecule has 0 spiro atoms. The largest absolute Gasteiger partial charge is 0.358 e. The Morgan fingerprint density at radius 2 is 2.22 bits per heavy atom. The summed E-state index contributed by atoms with van der Waals surface area (Å²) in [6.07, 6.45) is 0.969. The number of carbonyl (C=O) groups is 1. The molecule has 0 aliphatic rings. The summed E-state index contributed by atoms with van der Waals surface area (Å²) in [7, 11) is 1.63. The van der Waals surface area contributed by atoms with E-state index in [0.717, 1.165) is 18.7 Å². The number of halogens is 1. The van der Waals surface area contributed by atoms with Crippen molar-refractivity contribution in [3.05, 3.63) is 22.7 Å². The fraction of sp³-hybridized carbons (Fsp3) is 0.583. The topological polar surface area (TPSA) is 58.1 Å². The minimum absolute atomic E-state index is 0.0119. The van der Waals surface area contributed by atoms with Crippen LogP contribution in [0.15, 0.2) is 6.07 Å². The van der Waals surface area contributed by atoms with Gasteiger partial charge in [0.2, 0.25) is 5.91 Å². The fourth-order valence-corrected chi connectivity index (χ4v) is 1.93. The lowest BCUT2D eigenvalue weighted by Crippen LogP contribution is -2.36. The van der Waals surface area contributed by atoms with Crippen LogP contribution in [0.4, 0.5) is 0 Å². The number of carbonyl (C=O) groups excluding carboxylic acids is 1. The third-order valence-electron chi connectivity index (χ3n) is 2.42. The Morgan fingerprint density at radius 1 is 1.50 bits per heavy atom. The molecule has 1 heterocycles. The Kier molecular flexibility index (Phi) is 6.01. The zero-order chi connectivity index (χ0) is 13.5. The van der Waals surface area contributed by atoms with Gasteiger partial charge in [-0.15, -0.1) is 0 Å². The first-order valence-corrected chi connectivity index (χ1v) is 6.36. The van der Waals surface area contributed by atoms with Crippen LogP contribution in [0.25, 0.3) is 0 Å². The summed E-state index contributed by atoms with van der Waals surface area (Å²) < 4.78 is 0. The first kappa shape index (κ1) is 14.9. The quantitative estimate of drug-likeness (QED) is 0.794. The van der Waals surface area contributed by atoms with Crippen molar-refractivity contribution in [1.29, 1.82) is 0 Å². The molecule has 0 saturated carbocycles. The van der Waals surface area contributed by atoms with Crippen LogP contribution in [0.1, 0.15) is 24.9 Å². The lowest BCUT2D eigenvalue weighted by Gasteiger charge is -2.19. The second-order valence-corrected chi connectivity index (χ2v) is 4.52. The monoisotopic (exact) mass is 270 g/mol. The molecule has 0 fully saturated rings. The average Bonchev–Trinajstić information content (AvgIpc) is 2.27. The Bertz CT molecular complexity index is 391. The number of likely N-dealkylation sites (N-methyl/N-ethyl adjacent to an activating group) is 1. The van der Waals surface area contributed by atoms with Gasteiger partial charge < -0.3 is 5.32 Å². The summed E-state index contributed by atoms with van der Waals surface area (Å²) in [4.78, 5) is 21.9. The molecule has 0 aromatic carbocycles. The predicted molar refractivity (Wildman–Crippen MR) is 71.4 cm³/mol.